The van der Waals surface area contributed by atoms with E-state index in [1.54, 1.807) is 18.9 Å². The van der Waals surface area contributed by atoms with Gasteiger partial charge in [-0.15, -0.1) is 0 Å². The van der Waals surface area contributed by atoms with Crippen LogP contribution in [-0.4, -0.2) is 24.5 Å². The van der Waals surface area contributed by atoms with Crippen molar-refractivity contribution in [2.75, 3.05) is 25.2 Å². The number of hydrogen-bond acceptors (Lipinski definition) is 5. The molecule has 86 valence electrons. The Morgan fingerprint density at radius 3 is 3.12 bits per heavy atom. The Labute approximate surface area is 98.2 Å². The lowest BCUT2D eigenvalue weighted by molar-refractivity contribution is 0.200. The highest BCUT2D eigenvalue weighted by molar-refractivity contribution is 7.99. The summed E-state index contributed by atoms with van der Waals surface area (Å²) in [6.45, 7) is 0.759. The maximum atomic E-state index is 5.79. The van der Waals surface area contributed by atoms with Crippen molar-refractivity contribution in [3.8, 4) is 0 Å². The average Bonchev–Trinajstić information content (AvgIpc) is 2.69. The molecule has 2 rings (SSSR count). The van der Waals surface area contributed by atoms with Gasteiger partial charge in [-0.25, -0.2) is 4.98 Å². The van der Waals surface area contributed by atoms with Crippen LogP contribution in [0.15, 0.2) is 27.8 Å². The van der Waals surface area contributed by atoms with Crippen LogP contribution in [-0.2, 0) is 4.74 Å². The molecule has 4 nitrogen and oxygen atoms in total. The van der Waals surface area contributed by atoms with Crippen molar-refractivity contribution in [1.82, 2.24) is 4.98 Å². The molecule has 5 heteroatoms. The van der Waals surface area contributed by atoms with E-state index in [1.807, 2.05) is 18.2 Å². The number of fused-ring (bicyclic) bond motifs is 1. The number of oxazole rings is 1. The number of nitrogens with zero attached hydrogens (tertiary/aromatic N) is 1. The van der Waals surface area contributed by atoms with Gasteiger partial charge >= 0.3 is 0 Å². The SMILES string of the molecule is COCCCSc1nc2c(N)cccc2o1. The smallest absolute Gasteiger partial charge is 0.256 e. The summed E-state index contributed by atoms with van der Waals surface area (Å²) in [6.07, 6.45) is 0.982. The van der Waals surface area contributed by atoms with Crippen molar-refractivity contribution < 1.29 is 9.15 Å². The molecule has 0 radical (unpaired) electrons. The molecule has 1 heterocycles. The standard InChI is InChI=1S/C11H14N2O2S/c1-14-6-3-7-16-11-13-10-8(12)4-2-5-9(10)15-11/h2,4-5H,3,6-7,12H2,1H3. The maximum Gasteiger partial charge on any atom is 0.256 e. The lowest BCUT2D eigenvalue weighted by atomic mass is 10.3. The van der Waals surface area contributed by atoms with Gasteiger partial charge in [0.1, 0.15) is 5.52 Å². The number of ether oxygens (including phenoxy) is 1. The first-order valence-corrected chi connectivity index (χ1v) is 6.06. The summed E-state index contributed by atoms with van der Waals surface area (Å²) in [6, 6.07) is 5.56. The topological polar surface area (TPSA) is 61.3 Å². The molecular formula is C11H14N2O2S. The van der Waals surface area contributed by atoms with E-state index >= 15 is 0 Å². The van der Waals surface area contributed by atoms with Gasteiger partial charge in [0.05, 0.1) is 5.69 Å². The summed E-state index contributed by atoms with van der Waals surface area (Å²) in [5, 5.41) is 0.670. The Morgan fingerprint density at radius 1 is 1.50 bits per heavy atom. The number of thioether (sulfide) groups is 1. The van der Waals surface area contributed by atoms with E-state index in [4.69, 9.17) is 14.9 Å². The van der Waals surface area contributed by atoms with Gasteiger partial charge in [-0.1, -0.05) is 17.8 Å². The Hall–Kier alpha value is -1.20. The zero-order chi connectivity index (χ0) is 11.4. The van der Waals surface area contributed by atoms with Gasteiger partial charge in [0.2, 0.25) is 0 Å². The van der Waals surface area contributed by atoms with Crippen LogP contribution in [0.25, 0.3) is 11.1 Å². The first-order chi connectivity index (χ1) is 7.81. The van der Waals surface area contributed by atoms with Crippen molar-refractivity contribution in [3.63, 3.8) is 0 Å². The number of hydrogen-bond donors (Lipinski definition) is 1. The van der Waals surface area contributed by atoms with E-state index in [9.17, 15) is 0 Å². The lowest BCUT2D eigenvalue weighted by Crippen LogP contribution is -1.90. The molecule has 0 atom stereocenters. The second-order valence-corrected chi connectivity index (χ2v) is 4.41. The number of nitrogens with two attached hydrogens (primary N) is 1. The highest BCUT2D eigenvalue weighted by atomic mass is 32.2. The third kappa shape index (κ3) is 2.48. The van der Waals surface area contributed by atoms with Crippen molar-refractivity contribution in [2.45, 2.75) is 11.6 Å². The third-order valence-electron chi connectivity index (χ3n) is 2.15. The van der Waals surface area contributed by atoms with Gasteiger partial charge in [0, 0.05) is 19.5 Å². The number of para-hydroxylation sites is 1. The second-order valence-electron chi connectivity index (χ2n) is 3.37. The van der Waals surface area contributed by atoms with Crippen LogP contribution in [0, 0.1) is 0 Å². The van der Waals surface area contributed by atoms with Crippen molar-refractivity contribution in [3.05, 3.63) is 18.2 Å². The van der Waals surface area contributed by atoms with E-state index in [0.29, 0.717) is 10.9 Å². The van der Waals surface area contributed by atoms with Crippen LogP contribution >= 0.6 is 11.8 Å². The molecule has 0 bridgehead atoms. The zero-order valence-corrected chi connectivity index (χ0v) is 9.92. The first-order valence-electron chi connectivity index (χ1n) is 5.08. The number of aromatic nitrogens is 1. The Morgan fingerprint density at radius 2 is 2.38 bits per heavy atom. The van der Waals surface area contributed by atoms with E-state index in [2.05, 4.69) is 4.98 Å². The van der Waals surface area contributed by atoms with Gasteiger partial charge in [0.25, 0.3) is 5.22 Å². The van der Waals surface area contributed by atoms with Crippen LogP contribution in [0.2, 0.25) is 0 Å². The minimum atomic E-state index is 0.657. The van der Waals surface area contributed by atoms with Crippen LogP contribution in [0.3, 0.4) is 0 Å². The van der Waals surface area contributed by atoms with Gasteiger partial charge in [-0.3, -0.25) is 0 Å². The average molecular weight is 238 g/mol. The summed E-state index contributed by atoms with van der Waals surface area (Å²) < 4.78 is 10.5. The van der Waals surface area contributed by atoms with Gasteiger partial charge in [0.15, 0.2) is 5.58 Å². The van der Waals surface area contributed by atoms with Gasteiger partial charge in [-0.2, -0.15) is 0 Å². The molecule has 0 saturated carbocycles. The molecular weight excluding hydrogens is 224 g/mol. The quantitative estimate of drug-likeness (QED) is 0.492. The van der Waals surface area contributed by atoms with Crippen LogP contribution < -0.4 is 5.73 Å². The van der Waals surface area contributed by atoms with E-state index in [1.165, 1.54) is 0 Å². The molecule has 0 aliphatic rings. The Balaban J connectivity index is 2.05. The van der Waals surface area contributed by atoms with Crippen molar-refractivity contribution >= 4 is 28.5 Å². The van der Waals surface area contributed by atoms with E-state index in [-0.39, 0.29) is 0 Å². The molecule has 1 aromatic carbocycles. The minimum Gasteiger partial charge on any atom is -0.431 e. The number of benzene rings is 1. The summed E-state index contributed by atoms with van der Waals surface area (Å²) in [5.74, 6) is 0.931. The Bertz CT molecular complexity index is 470. The summed E-state index contributed by atoms with van der Waals surface area (Å²) in [7, 11) is 1.70. The fourth-order valence-corrected chi connectivity index (χ4v) is 2.12. The number of rotatable bonds is 5. The fraction of sp³-hybridized carbons (Fsp3) is 0.364. The molecule has 2 N–H and O–H groups in total. The van der Waals surface area contributed by atoms with Crippen molar-refractivity contribution in [1.29, 1.82) is 0 Å². The fourth-order valence-electron chi connectivity index (χ4n) is 1.37. The number of methoxy groups -OCH3 is 1. The summed E-state index contributed by atoms with van der Waals surface area (Å²) >= 11 is 1.58. The van der Waals surface area contributed by atoms with Crippen LogP contribution in [0.1, 0.15) is 6.42 Å². The highest BCUT2D eigenvalue weighted by Gasteiger charge is 2.07. The molecule has 0 spiro atoms. The lowest BCUT2D eigenvalue weighted by Gasteiger charge is -1.95. The van der Waals surface area contributed by atoms with E-state index < -0.39 is 0 Å². The molecule has 0 amide bonds. The Kier molecular flexibility index (Phi) is 3.69. The molecule has 16 heavy (non-hydrogen) atoms. The van der Waals surface area contributed by atoms with Crippen LogP contribution in [0.4, 0.5) is 5.69 Å². The number of anilines is 1. The van der Waals surface area contributed by atoms with Gasteiger partial charge < -0.3 is 14.9 Å². The molecule has 0 aliphatic heterocycles. The highest BCUT2D eigenvalue weighted by Crippen LogP contribution is 2.26. The van der Waals surface area contributed by atoms with E-state index in [0.717, 1.165) is 29.9 Å². The second kappa shape index (κ2) is 5.23. The minimum absolute atomic E-state index is 0.657. The van der Waals surface area contributed by atoms with Gasteiger partial charge in [-0.05, 0) is 18.6 Å². The van der Waals surface area contributed by atoms with Crippen LogP contribution in [0.5, 0.6) is 0 Å². The monoisotopic (exact) mass is 238 g/mol. The molecule has 0 unspecified atom stereocenters. The summed E-state index contributed by atoms with van der Waals surface area (Å²) in [4.78, 5) is 4.34. The predicted molar refractivity (Wildman–Crippen MR) is 65.6 cm³/mol. The predicted octanol–water partition coefficient (Wildman–Crippen LogP) is 2.54. The van der Waals surface area contributed by atoms with Crippen molar-refractivity contribution in [2.24, 2.45) is 0 Å². The molecule has 0 saturated heterocycles. The third-order valence-corrected chi connectivity index (χ3v) is 3.06. The largest absolute Gasteiger partial charge is 0.431 e. The number of nitrogen functional groups attached to an aromatic ring is 1. The molecule has 0 aliphatic carbocycles. The zero-order valence-electron chi connectivity index (χ0n) is 9.10. The molecule has 1 aromatic heterocycles. The first kappa shape index (κ1) is 11.3. The molecule has 2 aromatic rings. The maximum absolute atomic E-state index is 5.79. The summed E-state index contributed by atoms with van der Waals surface area (Å²) in [5.41, 5.74) is 7.94. The molecule has 0 fully saturated rings. The normalized spacial score (nSPS) is 11.1.